The lowest BCUT2D eigenvalue weighted by Gasteiger charge is -2.03. The average molecular weight is 159 g/mol. The van der Waals surface area contributed by atoms with Gasteiger partial charge in [0.25, 0.3) is 0 Å². The SMILES string of the molecule is CO[SiH](C)CCCN=C=O. The van der Waals surface area contributed by atoms with Crippen molar-refractivity contribution in [2.45, 2.75) is 19.0 Å². The first-order valence-corrected chi connectivity index (χ1v) is 5.82. The molecule has 1 atom stereocenters. The lowest BCUT2D eigenvalue weighted by Crippen LogP contribution is -2.09. The second kappa shape index (κ2) is 6.67. The van der Waals surface area contributed by atoms with Crippen LogP contribution in [0.15, 0.2) is 4.99 Å². The minimum Gasteiger partial charge on any atom is -0.423 e. The van der Waals surface area contributed by atoms with Gasteiger partial charge >= 0.3 is 0 Å². The van der Waals surface area contributed by atoms with Crippen LogP contribution >= 0.6 is 0 Å². The molecule has 0 saturated heterocycles. The number of isocyanates is 1. The van der Waals surface area contributed by atoms with Gasteiger partial charge in [0.2, 0.25) is 6.08 Å². The molecule has 0 aromatic heterocycles. The highest BCUT2D eigenvalue weighted by atomic mass is 28.3. The zero-order valence-corrected chi connectivity index (χ0v) is 7.62. The molecule has 0 aromatic carbocycles. The first kappa shape index (κ1) is 9.56. The molecule has 0 spiro atoms. The number of hydrogen-bond acceptors (Lipinski definition) is 3. The van der Waals surface area contributed by atoms with E-state index in [1.807, 2.05) is 0 Å². The van der Waals surface area contributed by atoms with Gasteiger partial charge in [-0.2, -0.15) is 0 Å². The summed E-state index contributed by atoms with van der Waals surface area (Å²) in [6.45, 7) is 2.73. The van der Waals surface area contributed by atoms with Gasteiger partial charge in [-0.25, -0.2) is 9.79 Å². The number of nitrogens with zero attached hydrogens (tertiary/aromatic N) is 1. The molecule has 4 heteroatoms. The maximum absolute atomic E-state index is 9.61. The van der Waals surface area contributed by atoms with Crippen molar-refractivity contribution in [2.24, 2.45) is 4.99 Å². The fraction of sp³-hybridized carbons (Fsp3) is 0.833. The Morgan fingerprint density at radius 3 is 2.90 bits per heavy atom. The van der Waals surface area contributed by atoms with Crippen LogP contribution in [-0.4, -0.2) is 28.8 Å². The third kappa shape index (κ3) is 5.69. The van der Waals surface area contributed by atoms with Gasteiger partial charge in [0, 0.05) is 7.11 Å². The highest BCUT2D eigenvalue weighted by Crippen LogP contribution is 1.97. The smallest absolute Gasteiger partial charge is 0.234 e. The Balaban J connectivity index is 3.10. The number of rotatable bonds is 5. The van der Waals surface area contributed by atoms with Gasteiger partial charge in [0.1, 0.15) is 0 Å². The first-order valence-electron chi connectivity index (χ1n) is 3.37. The Morgan fingerprint density at radius 2 is 2.40 bits per heavy atom. The minimum atomic E-state index is -0.914. The van der Waals surface area contributed by atoms with E-state index in [9.17, 15) is 4.79 Å². The van der Waals surface area contributed by atoms with E-state index in [-0.39, 0.29) is 0 Å². The van der Waals surface area contributed by atoms with Gasteiger partial charge in [0.15, 0.2) is 9.04 Å². The summed E-state index contributed by atoms with van der Waals surface area (Å²) >= 11 is 0. The topological polar surface area (TPSA) is 38.7 Å². The fourth-order valence-electron chi connectivity index (χ4n) is 0.621. The molecule has 3 nitrogen and oxygen atoms in total. The molecule has 0 aliphatic carbocycles. The van der Waals surface area contributed by atoms with E-state index in [4.69, 9.17) is 4.43 Å². The Kier molecular flexibility index (Phi) is 6.38. The molecule has 0 fully saturated rings. The molecule has 0 N–H and O–H groups in total. The van der Waals surface area contributed by atoms with Crippen molar-refractivity contribution in [3.63, 3.8) is 0 Å². The van der Waals surface area contributed by atoms with Crippen molar-refractivity contribution in [2.75, 3.05) is 13.7 Å². The highest BCUT2D eigenvalue weighted by Gasteiger charge is 1.99. The van der Waals surface area contributed by atoms with E-state index in [1.54, 1.807) is 7.11 Å². The zero-order chi connectivity index (χ0) is 7.82. The monoisotopic (exact) mass is 159 g/mol. The highest BCUT2D eigenvalue weighted by molar-refractivity contribution is 6.50. The van der Waals surface area contributed by atoms with Gasteiger partial charge in [-0.15, -0.1) is 0 Å². The summed E-state index contributed by atoms with van der Waals surface area (Å²) in [6, 6.07) is 1.08. The molecule has 0 aliphatic rings. The van der Waals surface area contributed by atoms with Crippen LogP contribution in [0, 0.1) is 0 Å². The van der Waals surface area contributed by atoms with E-state index in [2.05, 4.69) is 11.5 Å². The van der Waals surface area contributed by atoms with Crippen LogP contribution in [-0.2, 0) is 9.22 Å². The van der Waals surface area contributed by atoms with E-state index >= 15 is 0 Å². The summed E-state index contributed by atoms with van der Waals surface area (Å²) in [7, 11) is 0.822. The van der Waals surface area contributed by atoms with Crippen molar-refractivity contribution in [3.05, 3.63) is 0 Å². The minimum absolute atomic E-state index is 0.601. The number of carbonyl (C=O) groups excluding carboxylic acids is 1. The maximum atomic E-state index is 9.61. The summed E-state index contributed by atoms with van der Waals surface area (Å²) in [5.74, 6) is 0. The van der Waals surface area contributed by atoms with Crippen molar-refractivity contribution in [1.29, 1.82) is 0 Å². The molecule has 0 radical (unpaired) electrons. The van der Waals surface area contributed by atoms with Crippen LogP contribution in [0.1, 0.15) is 6.42 Å². The summed E-state index contributed by atoms with van der Waals surface area (Å²) in [6.07, 6.45) is 2.46. The molecule has 0 heterocycles. The van der Waals surface area contributed by atoms with Gasteiger partial charge in [-0.05, 0) is 19.0 Å². The fourth-order valence-corrected chi connectivity index (χ4v) is 1.61. The largest absolute Gasteiger partial charge is 0.423 e. The summed E-state index contributed by atoms with van der Waals surface area (Å²) in [4.78, 5) is 13.0. The van der Waals surface area contributed by atoms with Gasteiger partial charge in [-0.3, -0.25) is 0 Å². The van der Waals surface area contributed by atoms with Crippen LogP contribution in [0.5, 0.6) is 0 Å². The van der Waals surface area contributed by atoms with Crippen molar-refractivity contribution in [1.82, 2.24) is 0 Å². The average Bonchev–Trinajstić information content (AvgIpc) is 1.98. The van der Waals surface area contributed by atoms with Crippen LogP contribution in [0.3, 0.4) is 0 Å². The molecular formula is C6H13NO2Si. The quantitative estimate of drug-likeness (QED) is 0.256. The van der Waals surface area contributed by atoms with E-state index in [1.165, 1.54) is 6.08 Å². The Bertz CT molecular complexity index is 123. The summed E-state index contributed by atoms with van der Waals surface area (Å²) in [5.41, 5.74) is 0. The van der Waals surface area contributed by atoms with E-state index in [0.717, 1.165) is 12.5 Å². The molecule has 58 valence electrons. The van der Waals surface area contributed by atoms with E-state index in [0.29, 0.717) is 6.54 Å². The molecule has 0 bridgehead atoms. The Labute approximate surface area is 62.8 Å². The molecule has 0 aromatic rings. The summed E-state index contributed by atoms with van der Waals surface area (Å²) in [5, 5.41) is 0. The summed E-state index contributed by atoms with van der Waals surface area (Å²) < 4.78 is 5.13. The van der Waals surface area contributed by atoms with Crippen molar-refractivity contribution in [3.8, 4) is 0 Å². The maximum Gasteiger partial charge on any atom is 0.234 e. The molecule has 0 amide bonds. The second-order valence-corrected chi connectivity index (χ2v) is 4.83. The van der Waals surface area contributed by atoms with Crippen LogP contribution < -0.4 is 0 Å². The normalized spacial score (nSPS) is 12.2. The second-order valence-electron chi connectivity index (χ2n) is 2.16. The zero-order valence-electron chi connectivity index (χ0n) is 6.46. The molecule has 0 aliphatic heterocycles. The Morgan fingerprint density at radius 1 is 1.70 bits per heavy atom. The molecule has 0 saturated carbocycles. The standard InChI is InChI=1S/C6H13NO2Si/c1-9-10(2)5-3-4-7-6-8/h10H,3-5H2,1-2H3. The van der Waals surface area contributed by atoms with Gasteiger partial charge < -0.3 is 4.43 Å². The molecule has 10 heavy (non-hydrogen) atoms. The van der Waals surface area contributed by atoms with Crippen LogP contribution in [0.2, 0.25) is 12.6 Å². The van der Waals surface area contributed by atoms with Crippen LogP contribution in [0.4, 0.5) is 0 Å². The number of hydrogen-bond donors (Lipinski definition) is 0. The van der Waals surface area contributed by atoms with Crippen molar-refractivity contribution < 1.29 is 9.22 Å². The van der Waals surface area contributed by atoms with E-state index < -0.39 is 9.04 Å². The Hall–Kier alpha value is -0.443. The lowest BCUT2D eigenvalue weighted by atomic mass is 10.5. The number of aliphatic imine (C=N–C) groups is 1. The predicted molar refractivity (Wildman–Crippen MR) is 42.4 cm³/mol. The third-order valence-electron chi connectivity index (χ3n) is 1.35. The van der Waals surface area contributed by atoms with Gasteiger partial charge in [-0.1, -0.05) is 0 Å². The third-order valence-corrected chi connectivity index (χ3v) is 3.37. The van der Waals surface area contributed by atoms with Gasteiger partial charge in [0.05, 0.1) is 6.54 Å². The molecule has 0 rings (SSSR count). The van der Waals surface area contributed by atoms with Crippen molar-refractivity contribution >= 4 is 15.1 Å². The molecule has 1 unspecified atom stereocenters. The lowest BCUT2D eigenvalue weighted by molar-refractivity contribution is 0.422. The predicted octanol–water partition coefficient (Wildman–Crippen LogP) is 0.712. The first-order chi connectivity index (χ1) is 4.81. The van der Waals surface area contributed by atoms with Crippen LogP contribution in [0.25, 0.3) is 0 Å². The molecular weight excluding hydrogens is 146 g/mol.